The van der Waals surface area contributed by atoms with E-state index in [9.17, 15) is 10.3 Å². The number of rotatable bonds is 6. The van der Waals surface area contributed by atoms with Gasteiger partial charge in [-0.3, -0.25) is 0 Å². The van der Waals surface area contributed by atoms with E-state index < -0.39 is 14.1 Å². The van der Waals surface area contributed by atoms with Crippen LogP contribution >= 0.6 is 14.1 Å². The van der Waals surface area contributed by atoms with Crippen molar-refractivity contribution in [3.05, 3.63) is 0 Å². The van der Waals surface area contributed by atoms with Gasteiger partial charge in [0.15, 0.2) is 0 Å². The van der Waals surface area contributed by atoms with Crippen molar-refractivity contribution in [3.8, 4) is 0 Å². The van der Waals surface area contributed by atoms with Crippen molar-refractivity contribution in [3.63, 3.8) is 0 Å². The zero-order valence-electron chi connectivity index (χ0n) is 19.1. The van der Waals surface area contributed by atoms with Crippen molar-refractivity contribution in [2.45, 2.75) is 151 Å². The van der Waals surface area contributed by atoms with Gasteiger partial charge in [0.05, 0.1) is 0 Å². The zero-order valence-corrected chi connectivity index (χ0v) is 20.8. The van der Waals surface area contributed by atoms with Crippen LogP contribution in [-0.4, -0.2) is 28.5 Å². The zero-order chi connectivity index (χ0) is 20.2. The summed E-state index contributed by atoms with van der Waals surface area (Å²) in [7, 11) is -3.53. The molecule has 4 heteroatoms. The minimum atomic E-state index is -1.76. The van der Waals surface area contributed by atoms with E-state index in [1.54, 1.807) is 0 Å². The highest BCUT2D eigenvalue weighted by atomic mass is 31.2. The quantitative estimate of drug-likeness (QED) is 0.388. The Labute approximate surface area is 181 Å². The minimum Gasteiger partial charge on any atom is -0.318 e. The predicted molar refractivity (Wildman–Crippen MR) is 132 cm³/mol. The molecule has 0 atom stereocenters. The SMILES string of the molecule is N=P(CP(=N)(C1CCCCC1)C1CCCCC1)(C1CCCCC1)C1CCCCC1. The van der Waals surface area contributed by atoms with E-state index in [0.29, 0.717) is 0 Å². The van der Waals surface area contributed by atoms with Gasteiger partial charge >= 0.3 is 0 Å². The number of nitrogens with one attached hydrogen (secondary N) is 2. The lowest BCUT2D eigenvalue weighted by molar-refractivity contribution is 0.476. The predicted octanol–water partition coefficient (Wildman–Crippen LogP) is 9.83. The first-order chi connectivity index (χ1) is 14.1. The summed E-state index contributed by atoms with van der Waals surface area (Å²) in [5, 5.41) is 20.4. The van der Waals surface area contributed by atoms with Crippen LogP contribution in [0.2, 0.25) is 0 Å². The molecule has 0 aliphatic heterocycles. The van der Waals surface area contributed by atoms with Gasteiger partial charge in [0.2, 0.25) is 0 Å². The molecule has 4 fully saturated rings. The van der Waals surface area contributed by atoms with Gasteiger partial charge < -0.3 is 10.3 Å². The maximum Gasteiger partial charge on any atom is 0.0183 e. The summed E-state index contributed by atoms with van der Waals surface area (Å²) in [6.07, 6.45) is 27.5. The van der Waals surface area contributed by atoms with Crippen LogP contribution in [0.4, 0.5) is 0 Å². The molecule has 2 nitrogen and oxygen atoms in total. The lowest BCUT2D eigenvalue weighted by atomic mass is 9.99. The highest BCUT2D eigenvalue weighted by Gasteiger charge is 2.45. The fraction of sp³-hybridized carbons (Fsp3) is 1.00. The Kier molecular flexibility index (Phi) is 8.11. The highest BCUT2D eigenvalue weighted by molar-refractivity contribution is 7.83. The average molecular weight is 439 g/mol. The largest absolute Gasteiger partial charge is 0.318 e. The van der Waals surface area contributed by atoms with Crippen LogP contribution in [0.15, 0.2) is 0 Å². The first-order valence-electron chi connectivity index (χ1n) is 13.4. The van der Waals surface area contributed by atoms with Gasteiger partial charge in [0.25, 0.3) is 0 Å². The van der Waals surface area contributed by atoms with E-state index in [2.05, 4.69) is 0 Å². The summed E-state index contributed by atoms with van der Waals surface area (Å²) < 4.78 is 0. The summed E-state index contributed by atoms with van der Waals surface area (Å²) in [4.78, 5) is 0. The molecule has 4 saturated carbocycles. The summed E-state index contributed by atoms with van der Waals surface area (Å²) in [6.45, 7) is 0. The molecule has 0 aromatic carbocycles. The second-order valence-corrected chi connectivity index (χ2v) is 18.9. The third-order valence-electron chi connectivity index (χ3n) is 9.37. The molecule has 168 valence electrons. The topological polar surface area (TPSA) is 47.7 Å². The fourth-order valence-corrected chi connectivity index (χ4v) is 20.7. The maximum absolute atomic E-state index is 10.2. The Bertz CT molecular complexity index is 496. The van der Waals surface area contributed by atoms with Crippen LogP contribution in [0.5, 0.6) is 0 Å². The molecule has 4 rings (SSSR count). The van der Waals surface area contributed by atoms with Crippen LogP contribution < -0.4 is 0 Å². The average Bonchev–Trinajstić information content (AvgIpc) is 2.81. The summed E-state index contributed by atoms with van der Waals surface area (Å²) in [5.41, 5.74) is 2.88. The van der Waals surface area contributed by atoms with Gasteiger partial charge in [0, 0.05) is 5.90 Å². The first-order valence-corrected chi connectivity index (χ1v) is 17.6. The lowest BCUT2D eigenvalue weighted by Crippen LogP contribution is -2.30. The van der Waals surface area contributed by atoms with E-state index in [-0.39, 0.29) is 0 Å². The Morgan fingerprint density at radius 2 is 0.586 bits per heavy atom. The smallest absolute Gasteiger partial charge is 0.0183 e. The van der Waals surface area contributed by atoms with Crippen molar-refractivity contribution < 1.29 is 0 Å². The number of hydrogen-bond donors (Lipinski definition) is 2. The van der Waals surface area contributed by atoms with Crippen LogP contribution in [0.25, 0.3) is 0 Å². The summed E-state index contributed by atoms with van der Waals surface area (Å²) in [6, 6.07) is 0. The van der Waals surface area contributed by atoms with Gasteiger partial charge in [-0.1, -0.05) is 77.0 Å². The highest BCUT2D eigenvalue weighted by Crippen LogP contribution is 2.76. The van der Waals surface area contributed by atoms with Gasteiger partial charge in [-0.2, -0.15) is 0 Å². The molecule has 4 aliphatic rings. The molecule has 0 spiro atoms. The molecule has 4 aliphatic carbocycles. The minimum absolute atomic E-state index is 0.719. The molecule has 0 bridgehead atoms. The van der Waals surface area contributed by atoms with Gasteiger partial charge in [-0.15, -0.1) is 0 Å². The molecule has 0 radical (unpaired) electrons. The molecule has 0 saturated heterocycles. The monoisotopic (exact) mass is 438 g/mol. The molecule has 0 unspecified atom stereocenters. The second-order valence-electron chi connectivity index (χ2n) is 11.2. The van der Waals surface area contributed by atoms with Crippen LogP contribution in [-0.2, 0) is 0 Å². The second kappa shape index (κ2) is 10.4. The fourth-order valence-electron chi connectivity index (χ4n) is 7.61. The Morgan fingerprint density at radius 3 is 0.793 bits per heavy atom. The Balaban J connectivity index is 1.65. The maximum atomic E-state index is 10.2. The van der Waals surface area contributed by atoms with Crippen LogP contribution in [0.3, 0.4) is 0 Å². The van der Waals surface area contributed by atoms with Gasteiger partial charge in [-0.05, 0) is 88.1 Å². The van der Waals surface area contributed by atoms with Crippen molar-refractivity contribution in [2.24, 2.45) is 0 Å². The van der Waals surface area contributed by atoms with Gasteiger partial charge in [-0.25, -0.2) is 0 Å². The molecule has 0 amide bonds. The van der Waals surface area contributed by atoms with Crippen molar-refractivity contribution in [1.29, 1.82) is 10.3 Å². The molecular weight excluding hydrogens is 390 g/mol. The van der Waals surface area contributed by atoms with E-state index in [0.717, 1.165) is 28.5 Å². The summed E-state index contributed by atoms with van der Waals surface area (Å²) >= 11 is 0. The molecule has 2 N–H and O–H groups in total. The number of hydrogen-bond acceptors (Lipinski definition) is 2. The van der Waals surface area contributed by atoms with Crippen molar-refractivity contribution >= 4 is 14.1 Å². The molecular formula is C25H48N2P2. The standard InChI is InChI=1S/C25H48N2P2/c26-28(22-13-5-1-6-14-22,23-15-7-2-8-16-23)21-29(27,24-17-9-3-10-18-24)25-19-11-4-12-20-25/h22-27H,1-21H2. The van der Waals surface area contributed by atoms with Crippen LogP contribution in [0.1, 0.15) is 128 Å². The van der Waals surface area contributed by atoms with E-state index in [4.69, 9.17) is 0 Å². The van der Waals surface area contributed by atoms with E-state index in [1.165, 1.54) is 128 Å². The molecule has 0 aromatic rings. The molecule has 0 aromatic heterocycles. The normalized spacial score (nSPS) is 27.9. The van der Waals surface area contributed by atoms with Gasteiger partial charge in [0.1, 0.15) is 0 Å². The summed E-state index contributed by atoms with van der Waals surface area (Å²) in [5.74, 6) is 1.14. The lowest BCUT2D eigenvalue weighted by Gasteiger charge is -2.49. The Hall–Kier alpha value is 0.460. The van der Waals surface area contributed by atoms with E-state index >= 15 is 0 Å². The Morgan fingerprint density at radius 1 is 0.379 bits per heavy atom. The molecule has 29 heavy (non-hydrogen) atoms. The van der Waals surface area contributed by atoms with Crippen molar-refractivity contribution in [2.75, 3.05) is 5.90 Å². The molecule has 0 heterocycles. The van der Waals surface area contributed by atoms with E-state index in [1.807, 2.05) is 0 Å². The first kappa shape index (κ1) is 22.6. The van der Waals surface area contributed by atoms with Crippen LogP contribution in [0, 0.1) is 10.3 Å². The third-order valence-corrected chi connectivity index (χ3v) is 20.4. The van der Waals surface area contributed by atoms with Crippen molar-refractivity contribution in [1.82, 2.24) is 0 Å². The third kappa shape index (κ3) is 5.11.